The van der Waals surface area contributed by atoms with E-state index in [1.807, 2.05) is 12.1 Å². The first-order valence-electron chi connectivity index (χ1n) is 7.68. The lowest BCUT2D eigenvalue weighted by Gasteiger charge is -2.06. The SMILES string of the molecule is N#Cc1ccc(NCCCc2nc(-c3ccc(F)cc3)no2)cc1Cl. The molecule has 0 fully saturated rings. The Labute approximate surface area is 149 Å². The molecule has 0 radical (unpaired) electrons. The van der Waals surface area contributed by atoms with Gasteiger partial charge >= 0.3 is 0 Å². The second-order valence-electron chi connectivity index (χ2n) is 5.36. The van der Waals surface area contributed by atoms with Crippen molar-refractivity contribution >= 4 is 17.3 Å². The maximum Gasteiger partial charge on any atom is 0.227 e. The number of aryl methyl sites for hydroxylation is 1. The first-order chi connectivity index (χ1) is 12.2. The summed E-state index contributed by atoms with van der Waals surface area (Å²) in [6.45, 7) is 0.691. The van der Waals surface area contributed by atoms with Crippen molar-refractivity contribution in [1.29, 1.82) is 5.26 Å². The van der Waals surface area contributed by atoms with Crippen LogP contribution in [-0.4, -0.2) is 16.7 Å². The van der Waals surface area contributed by atoms with Gasteiger partial charge in [0.25, 0.3) is 0 Å². The number of hydrogen-bond donors (Lipinski definition) is 1. The lowest BCUT2D eigenvalue weighted by molar-refractivity contribution is 0.377. The number of benzene rings is 2. The van der Waals surface area contributed by atoms with E-state index in [2.05, 4.69) is 15.5 Å². The number of nitrogens with zero attached hydrogens (tertiary/aromatic N) is 3. The molecule has 3 aromatic rings. The summed E-state index contributed by atoms with van der Waals surface area (Å²) in [5.74, 6) is 0.669. The minimum atomic E-state index is -0.304. The van der Waals surface area contributed by atoms with E-state index < -0.39 is 0 Å². The van der Waals surface area contributed by atoms with Gasteiger partial charge in [-0.2, -0.15) is 10.2 Å². The van der Waals surface area contributed by atoms with Crippen LogP contribution in [0.4, 0.5) is 10.1 Å². The Bertz CT molecular complexity index is 902. The van der Waals surface area contributed by atoms with Gasteiger partial charge in [-0.05, 0) is 48.9 Å². The Kier molecular flexibility index (Phi) is 5.26. The zero-order chi connectivity index (χ0) is 17.6. The second-order valence-corrected chi connectivity index (χ2v) is 5.76. The number of nitriles is 1. The molecule has 0 aliphatic carbocycles. The van der Waals surface area contributed by atoms with Gasteiger partial charge in [0.1, 0.15) is 11.9 Å². The predicted molar refractivity (Wildman–Crippen MR) is 92.7 cm³/mol. The highest BCUT2D eigenvalue weighted by Crippen LogP contribution is 2.20. The highest BCUT2D eigenvalue weighted by Gasteiger charge is 2.08. The Morgan fingerprint density at radius 2 is 2.00 bits per heavy atom. The van der Waals surface area contributed by atoms with E-state index in [4.69, 9.17) is 21.4 Å². The summed E-state index contributed by atoms with van der Waals surface area (Å²) in [4.78, 5) is 4.31. The van der Waals surface area contributed by atoms with Crippen molar-refractivity contribution in [1.82, 2.24) is 10.1 Å². The summed E-state index contributed by atoms with van der Waals surface area (Å²) in [5, 5.41) is 16.4. The third kappa shape index (κ3) is 4.34. The molecule has 0 saturated carbocycles. The molecule has 126 valence electrons. The Morgan fingerprint density at radius 3 is 2.72 bits per heavy atom. The first kappa shape index (κ1) is 16.9. The molecule has 0 aliphatic heterocycles. The van der Waals surface area contributed by atoms with E-state index >= 15 is 0 Å². The molecular formula is C18H14ClFN4O. The van der Waals surface area contributed by atoms with Crippen molar-refractivity contribution < 1.29 is 8.91 Å². The first-order valence-corrected chi connectivity index (χ1v) is 8.05. The van der Waals surface area contributed by atoms with E-state index in [0.29, 0.717) is 40.8 Å². The van der Waals surface area contributed by atoms with Gasteiger partial charge in [0.2, 0.25) is 11.7 Å². The van der Waals surface area contributed by atoms with Crippen LogP contribution in [0.15, 0.2) is 47.0 Å². The highest BCUT2D eigenvalue weighted by molar-refractivity contribution is 6.32. The number of rotatable bonds is 6. The fraction of sp³-hybridized carbons (Fsp3) is 0.167. The monoisotopic (exact) mass is 356 g/mol. The van der Waals surface area contributed by atoms with Gasteiger partial charge in [0, 0.05) is 24.2 Å². The molecule has 0 unspecified atom stereocenters. The maximum atomic E-state index is 12.9. The normalized spacial score (nSPS) is 10.4. The molecule has 0 amide bonds. The second kappa shape index (κ2) is 7.77. The standard InChI is InChI=1S/C18H14ClFN4O/c19-16-10-15(8-5-13(16)11-21)22-9-1-2-17-23-18(24-25-17)12-3-6-14(20)7-4-12/h3-8,10,22H,1-2,9H2. The van der Waals surface area contributed by atoms with Crippen LogP contribution < -0.4 is 5.32 Å². The molecule has 0 spiro atoms. The minimum absolute atomic E-state index is 0.304. The van der Waals surface area contributed by atoms with Crippen molar-refractivity contribution in [2.24, 2.45) is 0 Å². The van der Waals surface area contributed by atoms with Crippen LogP contribution >= 0.6 is 11.6 Å². The van der Waals surface area contributed by atoms with Crippen LogP contribution in [0.2, 0.25) is 5.02 Å². The maximum absolute atomic E-state index is 12.9. The van der Waals surface area contributed by atoms with Gasteiger partial charge in [0.15, 0.2) is 0 Å². The van der Waals surface area contributed by atoms with Crippen LogP contribution in [0, 0.1) is 17.1 Å². The number of aromatic nitrogens is 2. The average molecular weight is 357 g/mol. The summed E-state index contributed by atoms with van der Waals surface area (Å²) < 4.78 is 18.1. The number of halogens is 2. The zero-order valence-corrected chi connectivity index (χ0v) is 13.9. The number of anilines is 1. The zero-order valence-electron chi connectivity index (χ0n) is 13.2. The Morgan fingerprint density at radius 1 is 1.20 bits per heavy atom. The molecule has 5 nitrogen and oxygen atoms in total. The molecule has 7 heteroatoms. The van der Waals surface area contributed by atoms with E-state index in [1.54, 1.807) is 24.3 Å². The summed E-state index contributed by atoms with van der Waals surface area (Å²) >= 11 is 5.99. The van der Waals surface area contributed by atoms with Gasteiger partial charge in [-0.1, -0.05) is 16.8 Å². The van der Waals surface area contributed by atoms with E-state index in [-0.39, 0.29) is 5.82 Å². The van der Waals surface area contributed by atoms with Crippen molar-refractivity contribution in [3.8, 4) is 17.5 Å². The van der Waals surface area contributed by atoms with Crippen molar-refractivity contribution in [3.05, 3.63) is 64.8 Å². The molecule has 1 aromatic heterocycles. The van der Waals surface area contributed by atoms with Crippen molar-refractivity contribution in [3.63, 3.8) is 0 Å². The lowest BCUT2D eigenvalue weighted by Crippen LogP contribution is -2.03. The number of nitrogens with one attached hydrogen (secondary N) is 1. The molecule has 1 heterocycles. The van der Waals surface area contributed by atoms with E-state index in [0.717, 1.165) is 12.1 Å². The largest absolute Gasteiger partial charge is 0.385 e. The fourth-order valence-electron chi connectivity index (χ4n) is 2.26. The highest BCUT2D eigenvalue weighted by atomic mass is 35.5. The van der Waals surface area contributed by atoms with Gasteiger partial charge < -0.3 is 9.84 Å². The molecule has 1 N–H and O–H groups in total. The van der Waals surface area contributed by atoms with Crippen LogP contribution in [0.25, 0.3) is 11.4 Å². The average Bonchev–Trinajstić information content (AvgIpc) is 3.08. The minimum Gasteiger partial charge on any atom is -0.385 e. The fourth-order valence-corrected chi connectivity index (χ4v) is 2.48. The molecular weight excluding hydrogens is 343 g/mol. The van der Waals surface area contributed by atoms with Gasteiger partial charge in [-0.3, -0.25) is 0 Å². The third-order valence-electron chi connectivity index (χ3n) is 3.56. The van der Waals surface area contributed by atoms with E-state index in [9.17, 15) is 4.39 Å². The molecule has 0 atom stereocenters. The van der Waals surface area contributed by atoms with Gasteiger partial charge in [-0.15, -0.1) is 0 Å². The Balaban J connectivity index is 1.50. The molecule has 3 rings (SSSR count). The smallest absolute Gasteiger partial charge is 0.227 e. The van der Waals surface area contributed by atoms with Gasteiger partial charge in [0.05, 0.1) is 10.6 Å². The summed E-state index contributed by atoms with van der Waals surface area (Å²) in [5.41, 5.74) is 2.01. The lowest BCUT2D eigenvalue weighted by atomic mass is 10.2. The molecule has 0 aliphatic rings. The molecule has 2 aromatic carbocycles. The molecule has 0 bridgehead atoms. The van der Waals surface area contributed by atoms with Crippen LogP contribution in [0.1, 0.15) is 17.9 Å². The van der Waals surface area contributed by atoms with Crippen molar-refractivity contribution in [2.75, 3.05) is 11.9 Å². The van der Waals surface area contributed by atoms with Crippen LogP contribution in [0.5, 0.6) is 0 Å². The Hall–Kier alpha value is -2.91. The predicted octanol–water partition coefficient (Wildman–Crippen LogP) is 4.45. The summed E-state index contributed by atoms with van der Waals surface area (Å²) in [7, 11) is 0. The van der Waals surface area contributed by atoms with Crippen LogP contribution in [-0.2, 0) is 6.42 Å². The third-order valence-corrected chi connectivity index (χ3v) is 3.87. The van der Waals surface area contributed by atoms with Crippen molar-refractivity contribution in [2.45, 2.75) is 12.8 Å². The van der Waals surface area contributed by atoms with Crippen LogP contribution in [0.3, 0.4) is 0 Å². The quantitative estimate of drug-likeness (QED) is 0.660. The van der Waals surface area contributed by atoms with Gasteiger partial charge in [-0.25, -0.2) is 4.39 Å². The molecule has 0 saturated heterocycles. The topological polar surface area (TPSA) is 74.7 Å². The van der Waals surface area contributed by atoms with E-state index in [1.165, 1.54) is 12.1 Å². The number of hydrogen-bond acceptors (Lipinski definition) is 5. The summed E-state index contributed by atoms with van der Waals surface area (Å²) in [6.07, 6.45) is 1.40. The molecule has 25 heavy (non-hydrogen) atoms. The summed E-state index contributed by atoms with van der Waals surface area (Å²) in [6, 6.07) is 13.2.